The number of urea groups is 1. The highest BCUT2D eigenvalue weighted by Crippen LogP contribution is 2.14. The van der Waals surface area contributed by atoms with Gasteiger partial charge in [-0.05, 0) is 38.1 Å². The van der Waals surface area contributed by atoms with Crippen molar-refractivity contribution in [1.29, 1.82) is 0 Å². The van der Waals surface area contributed by atoms with Crippen LogP contribution in [-0.4, -0.2) is 50.1 Å². The molecule has 1 heterocycles. The average molecular weight is 404 g/mol. The minimum absolute atomic E-state index is 0.0201. The normalized spacial score (nSPS) is 13.2. The molecular formula is C20H24N2O7. The zero-order chi connectivity index (χ0) is 21.2. The number of rotatable bonds is 10. The number of carbonyl (C=O) groups excluding carboxylic acids is 4. The van der Waals surface area contributed by atoms with Gasteiger partial charge in [0.2, 0.25) is 0 Å². The second-order valence-corrected chi connectivity index (χ2v) is 6.03. The number of esters is 2. The van der Waals surface area contributed by atoms with E-state index < -0.39 is 18.0 Å². The minimum Gasteiger partial charge on any atom is -0.494 e. The lowest BCUT2D eigenvalue weighted by Gasteiger charge is -2.21. The number of ether oxygens (including phenoxy) is 3. The molecule has 156 valence electrons. The topological polar surface area (TPSA) is 120 Å². The van der Waals surface area contributed by atoms with E-state index >= 15 is 0 Å². The Kier molecular flexibility index (Phi) is 8.20. The van der Waals surface area contributed by atoms with Crippen LogP contribution in [0, 0.1) is 0 Å². The lowest BCUT2D eigenvalue weighted by atomic mass is 10.1. The van der Waals surface area contributed by atoms with Crippen molar-refractivity contribution in [2.45, 2.75) is 26.7 Å². The summed E-state index contributed by atoms with van der Waals surface area (Å²) in [6, 6.07) is 6.16. The van der Waals surface area contributed by atoms with Gasteiger partial charge in [0, 0.05) is 12.0 Å². The Morgan fingerprint density at radius 3 is 2.38 bits per heavy atom. The fourth-order valence-corrected chi connectivity index (χ4v) is 2.56. The maximum atomic E-state index is 12.2. The Hall–Kier alpha value is -3.36. The fraction of sp³-hybridized carbons (Fsp3) is 0.400. The number of hydrogen-bond donors (Lipinski definition) is 2. The summed E-state index contributed by atoms with van der Waals surface area (Å²) in [6.07, 6.45) is -0.148. The number of hydrogen-bond acceptors (Lipinski definition) is 7. The van der Waals surface area contributed by atoms with Crippen LogP contribution >= 0.6 is 0 Å². The largest absolute Gasteiger partial charge is 0.494 e. The Labute approximate surface area is 168 Å². The van der Waals surface area contributed by atoms with Crippen molar-refractivity contribution in [2.24, 2.45) is 0 Å². The maximum Gasteiger partial charge on any atom is 0.337 e. The molecule has 0 bridgehead atoms. The molecule has 0 saturated carbocycles. The van der Waals surface area contributed by atoms with E-state index in [1.54, 1.807) is 31.2 Å². The molecule has 0 saturated heterocycles. The van der Waals surface area contributed by atoms with E-state index in [-0.39, 0.29) is 49.7 Å². The van der Waals surface area contributed by atoms with Gasteiger partial charge in [0.15, 0.2) is 5.78 Å². The molecule has 2 amide bonds. The van der Waals surface area contributed by atoms with Gasteiger partial charge >= 0.3 is 18.0 Å². The highest BCUT2D eigenvalue weighted by atomic mass is 16.5. The molecule has 1 aromatic rings. The van der Waals surface area contributed by atoms with Gasteiger partial charge in [-0.2, -0.15) is 0 Å². The van der Waals surface area contributed by atoms with Crippen LogP contribution in [-0.2, 0) is 19.1 Å². The Morgan fingerprint density at radius 2 is 1.72 bits per heavy atom. The zero-order valence-corrected chi connectivity index (χ0v) is 16.4. The summed E-state index contributed by atoms with van der Waals surface area (Å²) in [4.78, 5) is 47.6. The van der Waals surface area contributed by atoms with Crippen molar-refractivity contribution in [1.82, 2.24) is 10.6 Å². The van der Waals surface area contributed by atoms with Crippen LogP contribution in [0.1, 0.15) is 37.0 Å². The van der Waals surface area contributed by atoms with Crippen molar-refractivity contribution in [3.05, 3.63) is 41.1 Å². The van der Waals surface area contributed by atoms with Crippen LogP contribution in [0.2, 0.25) is 0 Å². The molecular weight excluding hydrogens is 380 g/mol. The second kappa shape index (κ2) is 10.8. The molecule has 1 aromatic carbocycles. The molecule has 0 aliphatic carbocycles. The zero-order valence-electron chi connectivity index (χ0n) is 16.4. The molecule has 0 atom stereocenters. The van der Waals surface area contributed by atoms with E-state index in [0.29, 0.717) is 17.9 Å². The first-order valence-corrected chi connectivity index (χ1v) is 9.30. The van der Waals surface area contributed by atoms with Gasteiger partial charge in [0.1, 0.15) is 12.4 Å². The van der Waals surface area contributed by atoms with Gasteiger partial charge in [-0.15, -0.1) is 0 Å². The number of ketones is 1. The molecule has 0 spiro atoms. The third-order valence-electron chi connectivity index (χ3n) is 4.00. The number of amides is 2. The third-order valence-corrected chi connectivity index (χ3v) is 4.00. The summed E-state index contributed by atoms with van der Waals surface area (Å²) >= 11 is 0. The van der Waals surface area contributed by atoms with Crippen LogP contribution in [0.5, 0.6) is 5.75 Å². The monoisotopic (exact) mass is 404 g/mol. The van der Waals surface area contributed by atoms with Crippen molar-refractivity contribution in [3.63, 3.8) is 0 Å². The number of benzene rings is 1. The van der Waals surface area contributed by atoms with Gasteiger partial charge in [-0.1, -0.05) is 0 Å². The van der Waals surface area contributed by atoms with Crippen LogP contribution in [0.3, 0.4) is 0 Å². The fourth-order valence-electron chi connectivity index (χ4n) is 2.56. The molecule has 9 heteroatoms. The summed E-state index contributed by atoms with van der Waals surface area (Å²) < 4.78 is 15.3. The van der Waals surface area contributed by atoms with E-state index in [9.17, 15) is 19.2 Å². The quantitative estimate of drug-likeness (QED) is 0.450. The second-order valence-electron chi connectivity index (χ2n) is 6.03. The average Bonchev–Trinajstić information content (AvgIpc) is 2.71. The lowest BCUT2D eigenvalue weighted by molar-refractivity contribution is -0.143. The smallest absolute Gasteiger partial charge is 0.337 e. The first kappa shape index (κ1) is 21.9. The first-order chi connectivity index (χ1) is 13.9. The molecule has 2 N–H and O–H groups in total. The summed E-state index contributed by atoms with van der Waals surface area (Å²) in [7, 11) is 0. The Morgan fingerprint density at radius 1 is 1.00 bits per heavy atom. The molecule has 0 unspecified atom stereocenters. The summed E-state index contributed by atoms with van der Waals surface area (Å²) in [5, 5.41) is 4.90. The van der Waals surface area contributed by atoms with Crippen LogP contribution < -0.4 is 15.4 Å². The molecule has 29 heavy (non-hydrogen) atoms. The molecule has 1 aliphatic heterocycles. The number of nitrogens with one attached hydrogen (secondary N) is 2. The SMILES string of the molecule is CCOC(=O)C1=C(COC(=O)CCC(=O)c2ccc(OCC)cc2)NC(=O)NC1. The molecule has 9 nitrogen and oxygen atoms in total. The summed E-state index contributed by atoms with van der Waals surface area (Å²) in [6.45, 7) is 3.92. The van der Waals surface area contributed by atoms with Gasteiger partial charge in [0.25, 0.3) is 0 Å². The molecule has 0 radical (unpaired) electrons. The minimum atomic E-state index is -0.618. The van der Waals surface area contributed by atoms with Crippen molar-refractivity contribution in [2.75, 3.05) is 26.4 Å². The van der Waals surface area contributed by atoms with E-state index in [4.69, 9.17) is 14.2 Å². The van der Waals surface area contributed by atoms with E-state index in [0.717, 1.165) is 0 Å². The number of Topliss-reactive ketones (excluding diaryl/α,β-unsaturated/α-hetero) is 1. The number of carbonyl (C=O) groups is 4. The van der Waals surface area contributed by atoms with Crippen LogP contribution in [0.15, 0.2) is 35.5 Å². The van der Waals surface area contributed by atoms with Gasteiger partial charge in [0.05, 0.1) is 37.4 Å². The van der Waals surface area contributed by atoms with Gasteiger partial charge < -0.3 is 24.8 Å². The molecule has 0 fully saturated rings. The third kappa shape index (κ3) is 6.63. The maximum absolute atomic E-state index is 12.2. The van der Waals surface area contributed by atoms with Gasteiger partial charge in [-0.3, -0.25) is 9.59 Å². The summed E-state index contributed by atoms with van der Waals surface area (Å²) in [5.74, 6) is -0.755. The van der Waals surface area contributed by atoms with E-state index in [2.05, 4.69) is 10.6 Å². The van der Waals surface area contributed by atoms with Crippen molar-refractivity contribution >= 4 is 23.8 Å². The first-order valence-electron chi connectivity index (χ1n) is 9.30. The van der Waals surface area contributed by atoms with E-state index in [1.165, 1.54) is 0 Å². The van der Waals surface area contributed by atoms with E-state index in [1.807, 2.05) is 6.92 Å². The summed E-state index contributed by atoms with van der Waals surface area (Å²) in [5.41, 5.74) is 0.822. The standard InChI is InChI=1S/C20H24N2O7/c1-3-27-14-7-5-13(6-8-14)17(23)9-10-18(24)29-12-16-15(19(25)28-4-2)11-21-20(26)22-16/h5-8H,3-4,9-12H2,1-2H3,(H2,21,22,26). The van der Waals surface area contributed by atoms with Gasteiger partial charge in [-0.25, -0.2) is 9.59 Å². The molecule has 0 aromatic heterocycles. The predicted octanol–water partition coefficient (Wildman–Crippen LogP) is 1.72. The van der Waals surface area contributed by atoms with Crippen LogP contribution in [0.4, 0.5) is 4.79 Å². The Bertz CT molecular complexity index is 800. The lowest BCUT2D eigenvalue weighted by Crippen LogP contribution is -2.45. The van der Waals surface area contributed by atoms with Crippen LogP contribution in [0.25, 0.3) is 0 Å². The highest BCUT2D eigenvalue weighted by molar-refractivity contribution is 5.97. The predicted molar refractivity (Wildman–Crippen MR) is 102 cm³/mol. The highest BCUT2D eigenvalue weighted by Gasteiger charge is 2.24. The molecule has 2 rings (SSSR count). The van der Waals surface area contributed by atoms with Crippen molar-refractivity contribution < 1.29 is 33.4 Å². The van der Waals surface area contributed by atoms with Crippen molar-refractivity contribution in [3.8, 4) is 5.75 Å². The molecule has 1 aliphatic rings. The Balaban J connectivity index is 1.87.